The monoisotopic (exact) mass is 307 g/mol. The van der Waals surface area contributed by atoms with Crippen LogP contribution >= 0.6 is 0 Å². The summed E-state index contributed by atoms with van der Waals surface area (Å²) in [5.41, 5.74) is 3.70. The van der Waals surface area contributed by atoms with Crippen molar-refractivity contribution in [1.29, 1.82) is 5.26 Å². The van der Waals surface area contributed by atoms with E-state index in [9.17, 15) is 5.26 Å². The molecule has 120 valence electrons. The van der Waals surface area contributed by atoms with Crippen molar-refractivity contribution in [3.8, 4) is 11.8 Å². The van der Waals surface area contributed by atoms with E-state index in [1.54, 1.807) is 0 Å². The minimum absolute atomic E-state index is 0.120. The van der Waals surface area contributed by atoms with Gasteiger partial charge in [0.2, 0.25) is 0 Å². The quantitative estimate of drug-likeness (QED) is 0.744. The maximum absolute atomic E-state index is 9.42. The molecule has 2 aromatic carbocycles. The number of rotatable bonds is 5. The summed E-state index contributed by atoms with van der Waals surface area (Å²) in [5.74, 6) is 0.740. The van der Waals surface area contributed by atoms with Crippen molar-refractivity contribution in [2.45, 2.75) is 45.4 Å². The van der Waals surface area contributed by atoms with E-state index in [0.717, 1.165) is 16.9 Å². The Balaban J connectivity index is 1.94. The average Bonchev–Trinajstić information content (AvgIpc) is 2.52. The zero-order chi connectivity index (χ0) is 16.9. The second-order valence-corrected chi connectivity index (χ2v) is 6.95. The van der Waals surface area contributed by atoms with E-state index in [1.165, 1.54) is 5.56 Å². The van der Waals surface area contributed by atoms with Crippen LogP contribution in [0.4, 0.5) is 0 Å². The van der Waals surface area contributed by atoms with Crippen LogP contribution in [-0.4, -0.2) is 6.61 Å². The van der Waals surface area contributed by atoms with Crippen molar-refractivity contribution in [2.75, 3.05) is 6.61 Å². The summed E-state index contributed by atoms with van der Waals surface area (Å²) < 4.78 is 5.82. The second kappa shape index (κ2) is 7.33. The van der Waals surface area contributed by atoms with Crippen LogP contribution < -0.4 is 4.74 Å². The normalized spacial score (nSPS) is 12.5. The fourth-order valence-corrected chi connectivity index (χ4v) is 2.61. The molecule has 0 heterocycles. The highest BCUT2D eigenvalue weighted by Crippen LogP contribution is 2.25. The van der Waals surface area contributed by atoms with Gasteiger partial charge in [-0.3, -0.25) is 0 Å². The fourth-order valence-electron chi connectivity index (χ4n) is 2.61. The maximum Gasteiger partial charge on any atom is 0.119 e. The molecular formula is C21H25NO. The zero-order valence-electron chi connectivity index (χ0n) is 14.5. The van der Waals surface area contributed by atoms with Gasteiger partial charge in [-0.25, -0.2) is 0 Å². The molecule has 1 atom stereocenters. The van der Waals surface area contributed by atoms with Gasteiger partial charge in [0.15, 0.2) is 0 Å². The van der Waals surface area contributed by atoms with E-state index in [0.29, 0.717) is 13.0 Å². The van der Waals surface area contributed by atoms with Crippen LogP contribution in [0.3, 0.4) is 0 Å². The van der Waals surface area contributed by atoms with Crippen LogP contribution in [-0.2, 0) is 5.41 Å². The van der Waals surface area contributed by atoms with E-state index in [1.807, 2.05) is 43.3 Å². The van der Waals surface area contributed by atoms with Gasteiger partial charge in [-0.2, -0.15) is 5.26 Å². The number of hydrogen-bond acceptors (Lipinski definition) is 2. The van der Waals surface area contributed by atoms with Crippen molar-refractivity contribution in [2.24, 2.45) is 0 Å². The van der Waals surface area contributed by atoms with Crippen LogP contribution in [0, 0.1) is 18.3 Å². The number of nitriles is 1. The molecule has 0 saturated carbocycles. The predicted octanol–water partition coefficient (Wildman–Crippen LogP) is 5.37. The highest BCUT2D eigenvalue weighted by molar-refractivity contribution is 5.33. The second-order valence-electron chi connectivity index (χ2n) is 6.95. The van der Waals surface area contributed by atoms with Crippen molar-refractivity contribution in [3.05, 3.63) is 65.2 Å². The Morgan fingerprint density at radius 2 is 1.70 bits per heavy atom. The number of hydrogen-bond donors (Lipinski definition) is 0. The molecule has 0 radical (unpaired) electrons. The van der Waals surface area contributed by atoms with Crippen LogP contribution in [0.25, 0.3) is 0 Å². The van der Waals surface area contributed by atoms with Gasteiger partial charge in [-0.15, -0.1) is 0 Å². The van der Waals surface area contributed by atoms with Crippen LogP contribution in [0.1, 0.15) is 49.8 Å². The third-order valence-corrected chi connectivity index (χ3v) is 4.12. The summed E-state index contributed by atoms with van der Waals surface area (Å²) in [5, 5.41) is 9.42. The number of benzene rings is 2. The molecule has 0 aliphatic heterocycles. The van der Waals surface area contributed by atoms with Crippen molar-refractivity contribution in [1.82, 2.24) is 0 Å². The lowest BCUT2D eigenvalue weighted by molar-refractivity contribution is 0.305. The van der Waals surface area contributed by atoms with Crippen LogP contribution in [0.15, 0.2) is 48.5 Å². The molecule has 0 aromatic heterocycles. The molecule has 2 nitrogen and oxygen atoms in total. The lowest BCUT2D eigenvalue weighted by Crippen LogP contribution is -2.10. The highest BCUT2D eigenvalue weighted by atomic mass is 16.5. The maximum atomic E-state index is 9.42. The average molecular weight is 307 g/mol. The van der Waals surface area contributed by atoms with E-state index < -0.39 is 0 Å². The van der Waals surface area contributed by atoms with Gasteiger partial charge in [0.25, 0.3) is 0 Å². The van der Waals surface area contributed by atoms with Crippen LogP contribution in [0.2, 0.25) is 0 Å². The topological polar surface area (TPSA) is 33.0 Å². The van der Waals surface area contributed by atoms with Crippen molar-refractivity contribution in [3.63, 3.8) is 0 Å². The third-order valence-electron chi connectivity index (χ3n) is 4.12. The van der Waals surface area contributed by atoms with Crippen LogP contribution in [0.5, 0.6) is 5.75 Å². The molecule has 0 fully saturated rings. The molecular weight excluding hydrogens is 282 g/mol. The summed E-state index contributed by atoms with van der Waals surface area (Å²) in [7, 11) is 0. The molecule has 0 saturated heterocycles. The molecule has 0 N–H and O–H groups in total. The third kappa shape index (κ3) is 4.60. The van der Waals surface area contributed by atoms with Gasteiger partial charge in [0.1, 0.15) is 5.75 Å². The number of nitrogens with zero attached hydrogens (tertiary/aromatic N) is 1. The van der Waals surface area contributed by atoms with Gasteiger partial charge in [-0.05, 0) is 41.2 Å². The summed E-state index contributed by atoms with van der Waals surface area (Å²) in [4.78, 5) is 0. The smallest absolute Gasteiger partial charge is 0.119 e. The number of aryl methyl sites for hydroxylation is 1. The molecule has 2 heteroatoms. The van der Waals surface area contributed by atoms with E-state index in [2.05, 4.69) is 39.0 Å². The summed E-state index contributed by atoms with van der Waals surface area (Å²) in [6, 6.07) is 18.7. The first-order valence-electron chi connectivity index (χ1n) is 8.10. The van der Waals surface area contributed by atoms with E-state index >= 15 is 0 Å². The molecule has 23 heavy (non-hydrogen) atoms. The zero-order valence-corrected chi connectivity index (χ0v) is 14.5. The Bertz CT molecular complexity index is 674. The standard InChI is InChI=1S/C21H25NO/c1-16-7-5-6-8-20(16)17(15-22)13-14-23-19-11-9-18(10-12-19)21(2,3)4/h5-12,17H,13-14H2,1-4H3. The molecule has 1 unspecified atom stereocenters. The van der Waals surface area contributed by atoms with E-state index in [-0.39, 0.29) is 11.3 Å². The Morgan fingerprint density at radius 3 is 2.26 bits per heavy atom. The molecule has 0 spiro atoms. The Kier molecular flexibility index (Phi) is 5.45. The molecule has 0 bridgehead atoms. The Labute approximate surface area is 139 Å². The number of ether oxygens (including phenoxy) is 1. The first-order valence-corrected chi connectivity index (χ1v) is 8.10. The summed E-state index contributed by atoms with van der Waals surface area (Å²) in [6.45, 7) is 9.18. The van der Waals surface area contributed by atoms with Gasteiger partial charge in [0, 0.05) is 6.42 Å². The SMILES string of the molecule is Cc1ccccc1C(C#N)CCOc1ccc(C(C)(C)C)cc1. The lowest BCUT2D eigenvalue weighted by atomic mass is 9.87. The van der Waals surface area contributed by atoms with Crippen molar-refractivity contribution >= 4 is 0 Å². The largest absolute Gasteiger partial charge is 0.494 e. The van der Waals surface area contributed by atoms with Gasteiger partial charge < -0.3 is 4.74 Å². The van der Waals surface area contributed by atoms with Crippen molar-refractivity contribution < 1.29 is 4.74 Å². The predicted molar refractivity (Wildman–Crippen MR) is 94.8 cm³/mol. The van der Waals surface area contributed by atoms with E-state index in [4.69, 9.17) is 4.74 Å². The van der Waals surface area contributed by atoms with Gasteiger partial charge >= 0.3 is 0 Å². The minimum Gasteiger partial charge on any atom is -0.494 e. The van der Waals surface area contributed by atoms with Gasteiger partial charge in [-0.1, -0.05) is 57.2 Å². The summed E-state index contributed by atoms with van der Waals surface area (Å²) >= 11 is 0. The minimum atomic E-state index is -0.120. The van der Waals surface area contributed by atoms with Gasteiger partial charge in [0.05, 0.1) is 18.6 Å². The highest BCUT2D eigenvalue weighted by Gasteiger charge is 2.14. The molecule has 2 rings (SSSR count). The Morgan fingerprint density at radius 1 is 1.04 bits per heavy atom. The Hall–Kier alpha value is -2.27. The first-order chi connectivity index (χ1) is 10.9. The fraction of sp³-hybridized carbons (Fsp3) is 0.381. The summed E-state index contributed by atoms with van der Waals surface area (Å²) in [6.07, 6.45) is 0.697. The lowest BCUT2D eigenvalue weighted by Gasteiger charge is -2.19. The molecule has 0 aliphatic carbocycles. The molecule has 0 aliphatic rings. The molecule has 2 aromatic rings. The first kappa shape index (κ1) is 17.1. The molecule has 0 amide bonds.